The van der Waals surface area contributed by atoms with Crippen molar-refractivity contribution >= 4 is 5.78 Å². The molecular weight excluding hydrogens is 248 g/mol. The first-order valence-electron chi connectivity index (χ1n) is 6.59. The molecule has 0 heterocycles. The van der Waals surface area contributed by atoms with Gasteiger partial charge in [-0.25, -0.2) is 0 Å². The highest BCUT2D eigenvalue weighted by atomic mass is 16.5. The summed E-state index contributed by atoms with van der Waals surface area (Å²) in [6, 6.07) is 17.2. The van der Waals surface area contributed by atoms with Gasteiger partial charge in [-0.2, -0.15) is 0 Å². The summed E-state index contributed by atoms with van der Waals surface area (Å²) in [5.41, 5.74) is 1.82. The largest absolute Gasteiger partial charge is 0.497 e. The number of rotatable bonds is 6. The van der Waals surface area contributed by atoms with E-state index in [0.29, 0.717) is 12.0 Å². The van der Waals surface area contributed by atoms with Gasteiger partial charge >= 0.3 is 0 Å². The predicted octanol–water partition coefficient (Wildman–Crippen LogP) is 4.24. The Morgan fingerprint density at radius 1 is 1.15 bits per heavy atom. The lowest BCUT2D eigenvalue weighted by molar-refractivity contribution is 0.0978. The summed E-state index contributed by atoms with van der Waals surface area (Å²) in [7, 11) is 1.61. The van der Waals surface area contributed by atoms with E-state index in [1.165, 1.54) is 0 Å². The van der Waals surface area contributed by atoms with E-state index in [2.05, 4.69) is 6.58 Å². The maximum atomic E-state index is 12.3. The Morgan fingerprint density at radius 2 is 1.80 bits per heavy atom. The summed E-state index contributed by atoms with van der Waals surface area (Å²) in [6.45, 7) is 3.84. The molecule has 20 heavy (non-hydrogen) atoms. The first-order chi connectivity index (χ1) is 9.74. The van der Waals surface area contributed by atoms with Crippen LogP contribution < -0.4 is 4.74 Å². The molecule has 0 spiro atoms. The van der Waals surface area contributed by atoms with Crippen molar-refractivity contribution in [3.8, 4) is 5.75 Å². The molecule has 2 aromatic carbocycles. The number of methoxy groups -OCH3 is 1. The third-order valence-electron chi connectivity index (χ3n) is 3.33. The fourth-order valence-electron chi connectivity index (χ4n) is 2.13. The zero-order valence-corrected chi connectivity index (χ0v) is 11.6. The van der Waals surface area contributed by atoms with E-state index in [0.717, 1.165) is 11.3 Å². The molecule has 102 valence electrons. The number of hydrogen-bond donors (Lipinski definition) is 0. The van der Waals surface area contributed by atoms with Crippen LogP contribution in [0, 0.1) is 0 Å². The van der Waals surface area contributed by atoms with E-state index in [-0.39, 0.29) is 11.7 Å². The topological polar surface area (TPSA) is 26.3 Å². The van der Waals surface area contributed by atoms with Gasteiger partial charge in [-0.15, -0.1) is 6.58 Å². The Labute approximate surface area is 119 Å². The van der Waals surface area contributed by atoms with Gasteiger partial charge in [0, 0.05) is 17.9 Å². The van der Waals surface area contributed by atoms with Crippen molar-refractivity contribution < 1.29 is 9.53 Å². The van der Waals surface area contributed by atoms with Gasteiger partial charge in [0.1, 0.15) is 5.75 Å². The summed E-state index contributed by atoms with van der Waals surface area (Å²) in [4.78, 5) is 12.3. The highest BCUT2D eigenvalue weighted by Gasteiger charge is 2.14. The third-order valence-corrected chi connectivity index (χ3v) is 3.33. The molecule has 2 rings (SSSR count). The normalized spacial score (nSPS) is 11.7. The number of hydrogen-bond acceptors (Lipinski definition) is 2. The quantitative estimate of drug-likeness (QED) is 0.577. The number of carbonyl (C=O) groups excluding carboxylic acids is 1. The number of Topliss-reactive ketones (excluding diaryl/α,β-unsaturated/α-hetero) is 1. The van der Waals surface area contributed by atoms with E-state index in [4.69, 9.17) is 4.74 Å². The molecule has 0 aromatic heterocycles. The first kappa shape index (κ1) is 14.1. The second kappa shape index (κ2) is 6.71. The minimum absolute atomic E-state index is 0.0470. The van der Waals surface area contributed by atoms with Gasteiger partial charge in [-0.1, -0.05) is 36.4 Å². The van der Waals surface area contributed by atoms with Gasteiger partial charge in [-0.05, 0) is 29.8 Å². The summed E-state index contributed by atoms with van der Waals surface area (Å²) in [6.07, 6.45) is 2.26. The molecule has 2 heteroatoms. The van der Waals surface area contributed by atoms with Crippen LogP contribution >= 0.6 is 0 Å². The van der Waals surface area contributed by atoms with Gasteiger partial charge in [-0.3, -0.25) is 4.79 Å². The monoisotopic (exact) mass is 266 g/mol. The molecule has 0 aliphatic rings. The minimum atomic E-state index is 0.0470. The molecule has 0 radical (unpaired) electrons. The fraction of sp³-hybridized carbons (Fsp3) is 0.167. The molecule has 0 saturated heterocycles. The maximum absolute atomic E-state index is 12.3. The average molecular weight is 266 g/mol. The van der Waals surface area contributed by atoms with Crippen LogP contribution in [0.2, 0.25) is 0 Å². The van der Waals surface area contributed by atoms with Crippen LogP contribution in [0.4, 0.5) is 0 Å². The molecule has 0 aliphatic carbocycles. The van der Waals surface area contributed by atoms with Crippen molar-refractivity contribution in [1.29, 1.82) is 0 Å². The second-order valence-electron chi connectivity index (χ2n) is 4.61. The van der Waals surface area contributed by atoms with Crippen LogP contribution in [0.15, 0.2) is 67.3 Å². The molecule has 2 aromatic rings. The van der Waals surface area contributed by atoms with Crippen molar-refractivity contribution in [3.05, 3.63) is 78.4 Å². The molecule has 0 unspecified atom stereocenters. The van der Waals surface area contributed by atoms with Crippen LogP contribution in [0.1, 0.15) is 28.3 Å². The molecule has 0 saturated carbocycles. The molecule has 0 fully saturated rings. The van der Waals surface area contributed by atoms with Crippen molar-refractivity contribution in [1.82, 2.24) is 0 Å². The number of ether oxygens (including phenoxy) is 1. The Bertz CT molecular complexity index is 570. The summed E-state index contributed by atoms with van der Waals surface area (Å²) in [5, 5.41) is 0. The maximum Gasteiger partial charge on any atom is 0.163 e. The van der Waals surface area contributed by atoms with Crippen molar-refractivity contribution in [2.24, 2.45) is 0 Å². The Morgan fingerprint density at radius 3 is 2.35 bits per heavy atom. The van der Waals surface area contributed by atoms with E-state index in [1.807, 2.05) is 36.4 Å². The van der Waals surface area contributed by atoms with Crippen LogP contribution in [-0.2, 0) is 0 Å². The lowest BCUT2D eigenvalue weighted by Crippen LogP contribution is -2.05. The Balaban J connectivity index is 2.11. The minimum Gasteiger partial charge on any atom is -0.497 e. The molecule has 0 aliphatic heterocycles. The Hall–Kier alpha value is -2.35. The van der Waals surface area contributed by atoms with Crippen molar-refractivity contribution in [2.75, 3.05) is 7.11 Å². The number of benzene rings is 2. The molecule has 1 atom stereocenters. The van der Waals surface area contributed by atoms with Crippen LogP contribution in [0.25, 0.3) is 0 Å². The van der Waals surface area contributed by atoms with Crippen molar-refractivity contribution in [3.63, 3.8) is 0 Å². The van der Waals surface area contributed by atoms with E-state index >= 15 is 0 Å². The average Bonchev–Trinajstić information content (AvgIpc) is 2.53. The molecule has 0 N–H and O–H groups in total. The summed E-state index contributed by atoms with van der Waals surface area (Å²) >= 11 is 0. The van der Waals surface area contributed by atoms with E-state index in [1.54, 1.807) is 31.4 Å². The van der Waals surface area contributed by atoms with Gasteiger partial charge in [0.25, 0.3) is 0 Å². The molecule has 0 amide bonds. The fourth-order valence-corrected chi connectivity index (χ4v) is 2.13. The van der Waals surface area contributed by atoms with Gasteiger partial charge in [0.2, 0.25) is 0 Å². The van der Waals surface area contributed by atoms with E-state index < -0.39 is 0 Å². The van der Waals surface area contributed by atoms with Gasteiger partial charge in [0.05, 0.1) is 7.11 Å². The van der Waals surface area contributed by atoms with Gasteiger partial charge < -0.3 is 4.74 Å². The number of ketones is 1. The standard InChI is InChI=1S/C18H18O2/c1-3-14(15-7-5-4-6-8-15)13-18(19)16-9-11-17(20-2)12-10-16/h3-12,14H,1,13H2,2H3/t14-/m0/s1. The van der Waals surface area contributed by atoms with Crippen molar-refractivity contribution in [2.45, 2.75) is 12.3 Å². The second-order valence-corrected chi connectivity index (χ2v) is 4.61. The SMILES string of the molecule is C=C[C@@H](CC(=O)c1ccc(OC)cc1)c1ccccc1. The van der Waals surface area contributed by atoms with Crippen LogP contribution in [0.3, 0.4) is 0 Å². The first-order valence-corrected chi connectivity index (χ1v) is 6.59. The summed E-state index contributed by atoms with van der Waals surface area (Å²) in [5.74, 6) is 0.914. The lowest BCUT2D eigenvalue weighted by Gasteiger charge is -2.12. The molecular formula is C18H18O2. The molecule has 2 nitrogen and oxygen atoms in total. The van der Waals surface area contributed by atoms with Crippen LogP contribution in [0.5, 0.6) is 5.75 Å². The van der Waals surface area contributed by atoms with Gasteiger partial charge in [0.15, 0.2) is 5.78 Å². The zero-order valence-electron chi connectivity index (χ0n) is 11.6. The highest BCUT2D eigenvalue weighted by molar-refractivity contribution is 5.96. The smallest absolute Gasteiger partial charge is 0.163 e. The summed E-state index contributed by atoms with van der Waals surface area (Å²) < 4.78 is 5.09. The Kier molecular flexibility index (Phi) is 4.72. The molecule has 0 bridgehead atoms. The highest BCUT2D eigenvalue weighted by Crippen LogP contribution is 2.23. The third kappa shape index (κ3) is 3.35. The zero-order chi connectivity index (χ0) is 14.4. The lowest BCUT2D eigenvalue weighted by atomic mass is 9.92. The van der Waals surface area contributed by atoms with Crippen LogP contribution in [-0.4, -0.2) is 12.9 Å². The number of allylic oxidation sites excluding steroid dienone is 1. The number of carbonyl (C=O) groups is 1. The van der Waals surface area contributed by atoms with E-state index in [9.17, 15) is 4.79 Å². The predicted molar refractivity (Wildman–Crippen MR) is 81.3 cm³/mol.